The summed E-state index contributed by atoms with van der Waals surface area (Å²) in [5.41, 5.74) is 0. The zero-order valence-corrected chi connectivity index (χ0v) is 26.1. The SMILES string of the molecule is O=P([O-])([O-])[O-].O=P([O-])([O-])[O-].O=P([O-])([O-])[O-].[Al+3].[Ba+2].[Ba+2].[Ba+2]. The van der Waals surface area contributed by atoms with Crippen LogP contribution in [0.3, 0.4) is 0 Å². The summed E-state index contributed by atoms with van der Waals surface area (Å²) in [7, 11) is -16.2. The van der Waals surface area contributed by atoms with Crippen molar-refractivity contribution < 1.29 is 57.7 Å². The summed E-state index contributed by atoms with van der Waals surface area (Å²) in [5, 5.41) is 0. The number of hydrogen-bond donors (Lipinski definition) is 0. The van der Waals surface area contributed by atoms with Crippen molar-refractivity contribution in [3.8, 4) is 0 Å². The van der Waals surface area contributed by atoms with Gasteiger partial charge < -0.3 is 57.7 Å². The van der Waals surface area contributed by atoms with Crippen molar-refractivity contribution in [1.82, 2.24) is 0 Å². The van der Waals surface area contributed by atoms with Gasteiger partial charge in [-0.2, -0.15) is 23.5 Å². The molecule has 0 aliphatic rings. The second-order valence-corrected chi connectivity index (χ2v) is 4.02. The van der Waals surface area contributed by atoms with Gasteiger partial charge in [-0.15, -0.1) is 0 Å². The van der Waals surface area contributed by atoms with Crippen molar-refractivity contribution in [1.29, 1.82) is 0 Å². The van der Waals surface area contributed by atoms with Gasteiger partial charge in [-0.25, -0.2) is 0 Å². The average Bonchev–Trinajstić information content (AvgIpc) is 1.41. The van der Waals surface area contributed by atoms with E-state index in [-0.39, 0.29) is 164 Å². The van der Waals surface area contributed by atoms with Gasteiger partial charge in [0.2, 0.25) is 0 Å². The second-order valence-electron chi connectivity index (χ2n) is 1.34. The second kappa shape index (κ2) is 21.6. The molecular formula is AlBa3O12P3. The Morgan fingerprint density at radius 1 is 0.421 bits per heavy atom. The van der Waals surface area contributed by atoms with Gasteiger partial charge in [-0.3, -0.25) is 0 Å². The van der Waals surface area contributed by atoms with E-state index in [0.29, 0.717) is 0 Å². The first-order valence-electron chi connectivity index (χ1n) is 2.19. The Labute approximate surface area is 239 Å². The zero-order valence-electron chi connectivity index (χ0n) is 8.94. The fourth-order valence-electron chi connectivity index (χ4n) is 0. The molecule has 19 heteroatoms. The summed E-state index contributed by atoms with van der Waals surface area (Å²) in [5.74, 6) is 0. The Balaban J connectivity index is -0.0000000206. The third-order valence-corrected chi connectivity index (χ3v) is 0. The third kappa shape index (κ3) is 353. The molecule has 0 radical (unpaired) electrons. The van der Waals surface area contributed by atoms with E-state index in [4.69, 9.17) is 57.7 Å². The van der Waals surface area contributed by atoms with Crippen LogP contribution in [0.5, 0.6) is 0 Å². The first-order valence-corrected chi connectivity index (χ1v) is 6.57. The predicted octanol–water partition coefficient (Wildman–Crippen LogP) is -10.00. The molecule has 0 N–H and O–H groups in total. The number of hydrogen-bond acceptors (Lipinski definition) is 12. The Hall–Kier alpha value is 5.58. The van der Waals surface area contributed by atoms with E-state index < -0.39 is 23.5 Å². The van der Waals surface area contributed by atoms with E-state index in [1.165, 1.54) is 0 Å². The smallest absolute Gasteiger partial charge is 0.822 e. The molecule has 0 heterocycles. The molecule has 0 fully saturated rings. The Bertz CT molecular complexity index is 214. The van der Waals surface area contributed by atoms with Crippen LogP contribution in [0.4, 0.5) is 0 Å². The van der Waals surface area contributed by atoms with Crippen LogP contribution in [-0.4, -0.2) is 164 Å². The van der Waals surface area contributed by atoms with Crippen LogP contribution in [-0.2, 0) is 13.7 Å². The molecule has 0 bridgehead atoms. The van der Waals surface area contributed by atoms with Crippen molar-refractivity contribution in [2.24, 2.45) is 0 Å². The Kier molecular flexibility index (Phi) is 50.3. The van der Waals surface area contributed by atoms with Crippen LogP contribution >= 0.6 is 23.5 Å². The fraction of sp³-hybridized carbons (Fsp3) is 0. The molecule has 0 aromatic carbocycles. The van der Waals surface area contributed by atoms with Crippen molar-refractivity contribution in [2.75, 3.05) is 0 Å². The van der Waals surface area contributed by atoms with Crippen LogP contribution in [0, 0.1) is 0 Å². The minimum Gasteiger partial charge on any atom is -0.822 e. The summed E-state index contributed by atoms with van der Waals surface area (Å²) < 4.78 is 25.6. The standard InChI is InChI=1S/Al.3Ba.3H3O4P/c;;;;3*1-5(2,3)4/h;;;;3*(H3,1,2,3,4)/q+3;3*+2;;;/p-9. The van der Waals surface area contributed by atoms with Gasteiger partial charge in [0.15, 0.2) is 0 Å². The van der Waals surface area contributed by atoms with Gasteiger partial charge in [-0.05, 0) is 0 Å². The molecule has 0 unspecified atom stereocenters. The van der Waals surface area contributed by atoms with Gasteiger partial charge in [-0.1, -0.05) is 0 Å². The molecule has 0 aliphatic heterocycles. The molecule has 0 saturated heterocycles. The van der Waals surface area contributed by atoms with E-state index in [2.05, 4.69) is 0 Å². The molecule has 0 rings (SSSR count). The molecule has 19 heavy (non-hydrogen) atoms. The van der Waals surface area contributed by atoms with Crippen LogP contribution in [0.15, 0.2) is 0 Å². The summed E-state index contributed by atoms with van der Waals surface area (Å²) >= 11 is 0. The maximum atomic E-state index is 8.55. The summed E-state index contributed by atoms with van der Waals surface area (Å²) in [6.45, 7) is 0. The maximum Gasteiger partial charge on any atom is 3.00 e. The normalized spacial score (nSPS) is 9.32. The monoisotopic (exact) mass is 726 g/mol. The molecule has 0 amide bonds. The molecule has 0 atom stereocenters. The third-order valence-electron chi connectivity index (χ3n) is 0. The Morgan fingerprint density at radius 3 is 0.421 bits per heavy atom. The molecule has 96 valence electrons. The largest absolute Gasteiger partial charge is 3.00 e. The molecule has 0 spiro atoms. The fourth-order valence-corrected chi connectivity index (χ4v) is 0. The van der Waals surface area contributed by atoms with Crippen molar-refractivity contribution in [3.05, 3.63) is 0 Å². The van der Waals surface area contributed by atoms with E-state index in [1.807, 2.05) is 0 Å². The van der Waals surface area contributed by atoms with Gasteiger partial charge in [0, 0.05) is 0 Å². The molecular weight excluding hydrogens is 724 g/mol. The molecule has 0 saturated carbocycles. The molecule has 12 nitrogen and oxygen atoms in total. The number of rotatable bonds is 0. The average molecular weight is 724 g/mol. The maximum absolute atomic E-state index is 8.55. The minimum atomic E-state index is -5.39. The van der Waals surface area contributed by atoms with Crippen LogP contribution in [0.25, 0.3) is 0 Å². The van der Waals surface area contributed by atoms with Gasteiger partial charge in [0.1, 0.15) is 0 Å². The molecule has 0 aromatic heterocycles. The molecule has 0 aromatic rings. The van der Waals surface area contributed by atoms with Crippen LogP contribution in [0.1, 0.15) is 0 Å². The van der Waals surface area contributed by atoms with E-state index in [9.17, 15) is 0 Å². The number of phosphoric acid groups is 3. The molecule has 0 aliphatic carbocycles. The van der Waals surface area contributed by atoms with Crippen molar-refractivity contribution in [3.63, 3.8) is 0 Å². The van der Waals surface area contributed by atoms with Gasteiger partial charge in [0.25, 0.3) is 0 Å². The van der Waals surface area contributed by atoms with Crippen LogP contribution < -0.4 is 44.0 Å². The van der Waals surface area contributed by atoms with Crippen LogP contribution in [0.2, 0.25) is 0 Å². The first kappa shape index (κ1) is 44.2. The first-order chi connectivity index (χ1) is 6.00. The van der Waals surface area contributed by atoms with E-state index in [0.717, 1.165) is 0 Å². The predicted molar refractivity (Wildman–Crippen MR) is 45.8 cm³/mol. The Morgan fingerprint density at radius 2 is 0.421 bits per heavy atom. The van der Waals surface area contributed by atoms with Crippen molar-refractivity contribution >= 4 is 187 Å². The summed E-state index contributed by atoms with van der Waals surface area (Å²) in [4.78, 5) is 76.9. The summed E-state index contributed by atoms with van der Waals surface area (Å²) in [6, 6.07) is 0. The van der Waals surface area contributed by atoms with E-state index in [1.54, 1.807) is 0 Å². The minimum absolute atomic E-state index is 0. The van der Waals surface area contributed by atoms with E-state index >= 15 is 0 Å². The van der Waals surface area contributed by atoms with Gasteiger partial charge >= 0.3 is 164 Å². The topological polar surface area (TPSA) is 259 Å². The summed E-state index contributed by atoms with van der Waals surface area (Å²) in [6.07, 6.45) is 0. The van der Waals surface area contributed by atoms with Gasteiger partial charge in [0.05, 0.1) is 0 Å². The van der Waals surface area contributed by atoms with Crippen molar-refractivity contribution in [2.45, 2.75) is 0 Å². The zero-order chi connectivity index (χ0) is 13.5. The quantitative estimate of drug-likeness (QED) is 0.167.